The quantitative estimate of drug-likeness (QED) is 0.820. The van der Waals surface area contributed by atoms with Gasteiger partial charge in [-0.25, -0.2) is 4.39 Å². The van der Waals surface area contributed by atoms with Gasteiger partial charge >= 0.3 is 0 Å². The van der Waals surface area contributed by atoms with E-state index in [9.17, 15) is 4.39 Å². The second-order valence-corrected chi connectivity index (χ2v) is 2.96. The van der Waals surface area contributed by atoms with E-state index in [1.165, 1.54) is 25.4 Å². The monoisotopic (exact) mass is 208 g/mol. The average Bonchev–Trinajstić information content (AvgIpc) is 2.65. The molecule has 2 N–H and O–H groups in total. The molecule has 0 bridgehead atoms. The number of nitrogen functional groups attached to an aromatic ring is 1. The third-order valence-electron chi connectivity index (χ3n) is 2.01. The molecular weight excluding hydrogens is 199 g/mol. The molecule has 0 spiro atoms. The van der Waals surface area contributed by atoms with Gasteiger partial charge in [-0.1, -0.05) is 5.16 Å². The Morgan fingerprint density at radius 1 is 1.47 bits per heavy atom. The molecule has 1 aromatic carbocycles. The summed E-state index contributed by atoms with van der Waals surface area (Å²) in [5, 5.41) is 3.54. The van der Waals surface area contributed by atoms with Crippen LogP contribution >= 0.6 is 0 Å². The van der Waals surface area contributed by atoms with E-state index < -0.39 is 5.82 Å². The molecule has 4 nitrogen and oxygen atoms in total. The Morgan fingerprint density at radius 3 is 2.87 bits per heavy atom. The van der Waals surface area contributed by atoms with Crippen LogP contribution in [0.25, 0.3) is 11.3 Å². The average molecular weight is 208 g/mol. The van der Waals surface area contributed by atoms with Crippen molar-refractivity contribution in [1.82, 2.24) is 5.16 Å². The molecule has 0 unspecified atom stereocenters. The van der Waals surface area contributed by atoms with Gasteiger partial charge in [-0.3, -0.25) is 0 Å². The molecule has 2 aromatic rings. The van der Waals surface area contributed by atoms with Gasteiger partial charge in [0.15, 0.2) is 17.3 Å². The summed E-state index contributed by atoms with van der Waals surface area (Å²) in [7, 11) is 1.39. The number of ether oxygens (including phenoxy) is 1. The first kappa shape index (κ1) is 9.51. The molecule has 2 rings (SSSR count). The zero-order chi connectivity index (χ0) is 10.8. The van der Waals surface area contributed by atoms with Crippen molar-refractivity contribution in [3.05, 3.63) is 30.2 Å². The first-order chi connectivity index (χ1) is 7.22. The summed E-state index contributed by atoms with van der Waals surface area (Å²) < 4.78 is 22.9. The van der Waals surface area contributed by atoms with Crippen LogP contribution in [0.2, 0.25) is 0 Å². The SMILES string of the molecule is COc1cc(-c2oncc2N)ccc1F. The number of hydrogen-bond acceptors (Lipinski definition) is 4. The van der Waals surface area contributed by atoms with Crippen LogP contribution in [0, 0.1) is 5.82 Å². The van der Waals surface area contributed by atoms with E-state index in [2.05, 4.69) is 5.16 Å². The van der Waals surface area contributed by atoms with Crippen molar-refractivity contribution in [2.75, 3.05) is 12.8 Å². The Hall–Kier alpha value is -2.04. The minimum absolute atomic E-state index is 0.142. The van der Waals surface area contributed by atoms with Gasteiger partial charge in [-0.2, -0.15) is 0 Å². The van der Waals surface area contributed by atoms with Crippen molar-refractivity contribution in [2.24, 2.45) is 0 Å². The summed E-state index contributed by atoms with van der Waals surface area (Å²) in [6, 6.07) is 4.34. The fourth-order valence-corrected chi connectivity index (χ4v) is 1.27. The zero-order valence-corrected chi connectivity index (χ0v) is 8.03. The maximum Gasteiger partial charge on any atom is 0.189 e. The number of hydrogen-bond donors (Lipinski definition) is 1. The Kier molecular flexibility index (Phi) is 2.29. The van der Waals surface area contributed by atoms with Crippen molar-refractivity contribution >= 4 is 5.69 Å². The van der Waals surface area contributed by atoms with E-state index >= 15 is 0 Å². The van der Waals surface area contributed by atoms with Gasteiger partial charge in [0.05, 0.1) is 13.3 Å². The van der Waals surface area contributed by atoms with Crippen molar-refractivity contribution in [2.45, 2.75) is 0 Å². The molecule has 0 radical (unpaired) electrons. The molecule has 0 aliphatic heterocycles. The molecule has 0 atom stereocenters. The van der Waals surface area contributed by atoms with Gasteiger partial charge in [-0.15, -0.1) is 0 Å². The van der Waals surface area contributed by atoms with Crippen LogP contribution in [0.4, 0.5) is 10.1 Å². The predicted octanol–water partition coefficient (Wildman–Crippen LogP) is 2.07. The fourth-order valence-electron chi connectivity index (χ4n) is 1.27. The first-order valence-corrected chi connectivity index (χ1v) is 4.26. The van der Waals surface area contributed by atoms with Crippen molar-refractivity contribution < 1.29 is 13.7 Å². The van der Waals surface area contributed by atoms with Crippen molar-refractivity contribution in [3.8, 4) is 17.1 Å². The lowest BCUT2D eigenvalue weighted by Gasteiger charge is -2.03. The summed E-state index contributed by atoms with van der Waals surface area (Å²) >= 11 is 0. The molecule has 1 aromatic heterocycles. The van der Waals surface area contributed by atoms with Gasteiger partial charge in [-0.05, 0) is 18.2 Å². The first-order valence-electron chi connectivity index (χ1n) is 4.26. The second-order valence-electron chi connectivity index (χ2n) is 2.96. The number of nitrogens with zero attached hydrogens (tertiary/aromatic N) is 1. The van der Waals surface area contributed by atoms with E-state index in [4.69, 9.17) is 15.0 Å². The highest BCUT2D eigenvalue weighted by molar-refractivity contribution is 5.70. The van der Waals surface area contributed by atoms with E-state index in [0.717, 1.165) is 0 Å². The Balaban J connectivity index is 2.51. The number of benzene rings is 1. The van der Waals surface area contributed by atoms with E-state index in [1.54, 1.807) is 6.07 Å². The summed E-state index contributed by atoms with van der Waals surface area (Å²) in [6.07, 6.45) is 1.39. The summed E-state index contributed by atoms with van der Waals surface area (Å²) in [6.45, 7) is 0. The summed E-state index contributed by atoms with van der Waals surface area (Å²) in [4.78, 5) is 0. The van der Waals surface area contributed by atoms with Gasteiger partial charge in [0, 0.05) is 5.56 Å². The lowest BCUT2D eigenvalue weighted by atomic mass is 10.1. The standard InChI is InChI=1S/C10H9FN2O2/c1-14-9-4-6(2-3-7(9)11)10-8(12)5-13-15-10/h2-5H,12H2,1H3. The minimum Gasteiger partial charge on any atom is -0.494 e. The molecule has 78 valence electrons. The van der Waals surface area contributed by atoms with Gasteiger partial charge in [0.1, 0.15) is 5.69 Å². The van der Waals surface area contributed by atoms with Gasteiger partial charge < -0.3 is 15.0 Å². The highest BCUT2D eigenvalue weighted by atomic mass is 19.1. The predicted molar refractivity (Wildman–Crippen MR) is 52.9 cm³/mol. The number of aromatic nitrogens is 1. The molecule has 0 aliphatic carbocycles. The Morgan fingerprint density at radius 2 is 2.27 bits per heavy atom. The van der Waals surface area contributed by atoms with Gasteiger partial charge in [0.2, 0.25) is 0 Å². The van der Waals surface area contributed by atoms with Crippen LogP contribution in [0.1, 0.15) is 0 Å². The molecule has 0 amide bonds. The number of anilines is 1. The van der Waals surface area contributed by atoms with Crippen LogP contribution in [0.15, 0.2) is 28.9 Å². The van der Waals surface area contributed by atoms with Crippen molar-refractivity contribution in [3.63, 3.8) is 0 Å². The summed E-state index contributed by atoms with van der Waals surface area (Å²) in [5.74, 6) is 0.121. The third-order valence-corrected chi connectivity index (χ3v) is 2.01. The molecule has 0 saturated heterocycles. The van der Waals surface area contributed by atoms with Gasteiger partial charge in [0.25, 0.3) is 0 Å². The lowest BCUT2D eigenvalue weighted by molar-refractivity contribution is 0.386. The molecule has 0 saturated carbocycles. The molecule has 15 heavy (non-hydrogen) atoms. The maximum absolute atomic E-state index is 13.1. The second kappa shape index (κ2) is 3.61. The highest BCUT2D eigenvalue weighted by Gasteiger charge is 2.11. The number of halogens is 1. The molecule has 0 fully saturated rings. The smallest absolute Gasteiger partial charge is 0.189 e. The van der Waals surface area contributed by atoms with E-state index in [1.807, 2.05) is 0 Å². The lowest BCUT2D eigenvalue weighted by Crippen LogP contribution is -1.90. The molecule has 5 heteroatoms. The van der Waals surface area contributed by atoms with E-state index in [-0.39, 0.29) is 5.75 Å². The molecular formula is C10H9FN2O2. The summed E-state index contributed by atoms with van der Waals surface area (Å²) in [5.41, 5.74) is 6.65. The Bertz CT molecular complexity index is 482. The van der Waals surface area contributed by atoms with E-state index in [0.29, 0.717) is 17.0 Å². The number of rotatable bonds is 2. The largest absolute Gasteiger partial charge is 0.494 e. The van der Waals surface area contributed by atoms with Crippen molar-refractivity contribution in [1.29, 1.82) is 0 Å². The third kappa shape index (κ3) is 1.63. The van der Waals surface area contributed by atoms with Crippen LogP contribution in [-0.4, -0.2) is 12.3 Å². The number of nitrogens with two attached hydrogens (primary N) is 1. The topological polar surface area (TPSA) is 61.3 Å². The fraction of sp³-hybridized carbons (Fsp3) is 0.100. The highest BCUT2D eigenvalue weighted by Crippen LogP contribution is 2.29. The zero-order valence-electron chi connectivity index (χ0n) is 8.03. The van der Waals surface area contributed by atoms with Crippen LogP contribution < -0.4 is 10.5 Å². The van der Waals surface area contributed by atoms with Crippen LogP contribution in [0.5, 0.6) is 5.75 Å². The minimum atomic E-state index is -0.431. The maximum atomic E-state index is 13.1. The Labute approximate surface area is 85.4 Å². The van der Waals surface area contributed by atoms with Crippen LogP contribution in [-0.2, 0) is 0 Å². The molecule has 0 aliphatic rings. The number of methoxy groups -OCH3 is 1. The van der Waals surface area contributed by atoms with Crippen LogP contribution in [0.3, 0.4) is 0 Å². The normalized spacial score (nSPS) is 10.3. The molecule has 1 heterocycles.